The molecular weight excluding hydrogens is 280 g/mol. The van der Waals surface area contributed by atoms with Crippen molar-refractivity contribution in [3.8, 4) is 10.6 Å². The van der Waals surface area contributed by atoms with Crippen molar-refractivity contribution in [3.05, 3.63) is 41.4 Å². The molecule has 1 amide bonds. The molecule has 1 aliphatic rings. The second-order valence-corrected chi connectivity index (χ2v) is 6.84. The molecule has 3 rings (SSSR count). The molecule has 0 spiro atoms. The number of rotatable bonds is 5. The summed E-state index contributed by atoms with van der Waals surface area (Å²) in [5.41, 5.74) is 1.66. The number of hydrogen-bond acceptors (Lipinski definition) is 3. The van der Waals surface area contributed by atoms with Gasteiger partial charge in [0.15, 0.2) is 0 Å². The van der Waals surface area contributed by atoms with Crippen molar-refractivity contribution >= 4 is 17.2 Å². The number of carbonyl (C=O) groups is 1. The molecule has 0 saturated heterocycles. The van der Waals surface area contributed by atoms with Gasteiger partial charge < -0.3 is 4.90 Å². The van der Waals surface area contributed by atoms with E-state index in [0.29, 0.717) is 17.7 Å². The lowest BCUT2D eigenvalue weighted by Crippen LogP contribution is -2.36. The van der Waals surface area contributed by atoms with Crippen LogP contribution < -0.4 is 0 Å². The second-order valence-electron chi connectivity index (χ2n) is 5.99. The number of benzene rings is 1. The monoisotopic (exact) mass is 300 g/mol. The summed E-state index contributed by atoms with van der Waals surface area (Å²) in [6.07, 6.45) is 2.27. The van der Waals surface area contributed by atoms with Crippen molar-refractivity contribution in [2.24, 2.45) is 5.92 Å². The summed E-state index contributed by atoms with van der Waals surface area (Å²) in [5.74, 6) is 0.575. The lowest BCUT2D eigenvalue weighted by molar-refractivity contribution is 0.0717. The molecule has 1 saturated carbocycles. The van der Waals surface area contributed by atoms with Crippen molar-refractivity contribution in [3.63, 3.8) is 0 Å². The Kier molecular flexibility index (Phi) is 4.06. The van der Waals surface area contributed by atoms with Gasteiger partial charge >= 0.3 is 0 Å². The van der Waals surface area contributed by atoms with Gasteiger partial charge in [-0.15, -0.1) is 11.3 Å². The van der Waals surface area contributed by atoms with Gasteiger partial charge in [-0.05, 0) is 18.8 Å². The number of hydrogen-bond donors (Lipinski definition) is 0. The molecule has 1 aliphatic carbocycles. The molecule has 3 nitrogen and oxygen atoms in total. The highest BCUT2D eigenvalue weighted by Crippen LogP contribution is 2.30. The minimum absolute atomic E-state index is 0.0876. The van der Waals surface area contributed by atoms with E-state index in [-0.39, 0.29) is 5.91 Å². The summed E-state index contributed by atoms with van der Waals surface area (Å²) >= 11 is 1.54. The molecule has 0 aliphatic heterocycles. The van der Waals surface area contributed by atoms with Crippen LogP contribution in [0.3, 0.4) is 0 Å². The second kappa shape index (κ2) is 5.98. The Labute approximate surface area is 129 Å². The van der Waals surface area contributed by atoms with Gasteiger partial charge in [0, 0.05) is 23.5 Å². The molecule has 110 valence electrons. The van der Waals surface area contributed by atoms with Crippen LogP contribution in [0.5, 0.6) is 0 Å². The predicted octanol–water partition coefficient (Wildman–Crippen LogP) is 4.07. The van der Waals surface area contributed by atoms with Crippen LogP contribution in [0, 0.1) is 5.92 Å². The molecule has 4 heteroatoms. The topological polar surface area (TPSA) is 33.2 Å². The third kappa shape index (κ3) is 3.32. The lowest BCUT2D eigenvalue weighted by Gasteiger charge is -2.23. The Morgan fingerprint density at radius 3 is 2.67 bits per heavy atom. The van der Waals surface area contributed by atoms with Gasteiger partial charge in [-0.2, -0.15) is 0 Å². The summed E-state index contributed by atoms with van der Waals surface area (Å²) in [6.45, 7) is 5.12. The number of thiazole rings is 1. The highest BCUT2D eigenvalue weighted by Gasteiger charge is 2.34. The zero-order valence-corrected chi connectivity index (χ0v) is 13.3. The van der Waals surface area contributed by atoms with E-state index in [1.807, 2.05) is 40.6 Å². The molecule has 2 aromatic rings. The Bertz CT molecular complexity index is 617. The largest absolute Gasteiger partial charge is 0.334 e. The van der Waals surface area contributed by atoms with Crippen LogP contribution in [-0.4, -0.2) is 28.4 Å². The normalized spacial score (nSPS) is 14.4. The van der Waals surface area contributed by atoms with Gasteiger partial charge in [0.1, 0.15) is 10.7 Å². The fourth-order valence-electron chi connectivity index (χ4n) is 2.41. The van der Waals surface area contributed by atoms with E-state index >= 15 is 0 Å². The van der Waals surface area contributed by atoms with E-state index in [0.717, 1.165) is 30.0 Å². The molecular formula is C17H20N2OS. The van der Waals surface area contributed by atoms with Crippen LogP contribution in [0.25, 0.3) is 10.6 Å². The van der Waals surface area contributed by atoms with Crippen LogP contribution in [0.4, 0.5) is 0 Å². The van der Waals surface area contributed by atoms with E-state index in [1.165, 1.54) is 0 Å². The maximum absolute atomic E-state index is 12.7. The highest BCUT2D eigenvalue weighted by atomic mass is 32.1. The lowest BCUT2D eigenvalue weighted by atomic mass is 10.2. The zero-order valence-electron chi connectivity index (χ0n) is 12.5. The zero-order chi connectivity index (χ0) is 14.8. The van der Waals surface area contributed by atoms with Gasteiger partial charge in [0.2, 0.25) is 0 Å². The minimum atomic E-state index is 0.0876. The van der Waals surface area contributed by atoms with E-state index in [4.69, 9.17) is 0 Å². The quantitative estimate of drug-likeness (QED) is 0.834. The van der Waals surface area contributed by atoms with Crippen LogP contribution in [-0.2, 0) is 0 Å². The van der Waals surface area contributed by atoms with Crippen LogP contribution in [0.15, 0.2) is 35.7 Å². The standard InChI is InChI=1S/C17H20N2OS/c1-12(2)10-19(14-8-9-14)17(20)15-11-21-16(18-15)13-6-4-3-5-7-13/h3-7,11-12,14H,8-10H2,1-2H3. The molecule has 0 unspecified atom stereocenters. The average Bonchev–Trinajstić information content (AvgIpc) is 3.21. The third-order valence-electron chi connectivity index (χ3n) is 3.55. The SMILES string of the molecule is CC(C)CN(C(=O)c1csc(-c2ccccc2)n1)C1CC1. The molecule has 0 radical (unpaired) electrons. The average molecular weight is 300 g/mol. The van der Waals surface area contributed by atoms with Crippen molar-refractivity contribution < 1.29 is 4.79 Å². The van der Waals surface area contributed by atoms with Gasteiger partial charge in [0.05, 0.1) is 0 Å². The smallest absolute Gasteiger partial charge is 0.273 e. The van der Waals surface area contributed by atoms with E-state index in [2.05, 4.69) is 18.8 Å². The van der Waals surface area contributed by atoms with E-state index in [1.54, 1.807) is 11.3 Å². The van der Waals surface area contributed by atoms with Crippen molar-refractivity contribution in [1.82, 2.24) is 9.88 Å². The van der Waals surface area contributed by atoms with Gasteiger partial charge in [-0.1, -0.05) is 44.2 Å². The number of carbonyl (C=O) groups excluding carboxylic acids is 1. The molecule has 1 heterocycles. The minimum Gasteiger partial charge on any atom is -0.334 e. The molecule has 0 N–H and O–H groups in total. The first kappa shape index (κ1) is 14.3. The summed E-state index contributed by atoms with van der Waals surface area (Å²) in [6, 6.07) is 10.5. The number of nitrogens with zero attached hydrogens (tertiary/aromatic N) is 2. The van der Waals surface area contributed by atoms with Crippen molar-refractivity contribution in [2.75, 3.05) is 6.54 Å². The van der Waals surface area contributed by atoms with Crippen LogP contribution in [0.1, 0.15) is 37.2 Å². The van der Waals surface area contributed by atoms with Crippen LogP contribution >= 0.6 is 11.3 Å². The Hall–Kier alpha value is -1.68. The van der Waals surface area contributed by atoms with Crippen LogP contribution in [0.2, 0.25) is 0 Å². The first-order valence-corrected chi connectivity index (χ1v) is 8.35. The molecule has 0 atom stereocenters. The Morgan fingerprint density at radius 2 is 2.05 bits per heavy atom. The molecule has 1 fully saturated rings. The fourth-order valence-corrected chi connectivity index (χ4v) is 3.21. The third-order valence-corrected chi connectivity index (χ3v) is 4.45. The van der Waals surface area contributed by atoms with Gasteiger partial charge in [0.25, 0.3) is 5.91 Å². The first-order chi connectivity index (χ1) is 10.1. The first-order valence-electron chi connectivity index (χ1n) is 7.47. The van der Waals surface area contributed by atoms with E-state index in [9.17, 15) is 4.79 Å². The summed E-state index contributed by atoms with van der Waals surface area (Å²) < 4.78 is 0. The summed E-state index contributed by atoms with van der Waals surface area (Å²) in [7, 11) is 0. The van der Waals surface area contributed by atoms with Crippen molar-refractivity contribution in [1.29, 1.82) is 0 Å². The Morgan fingerprint density at radius 1 is 1.33 bits per heavy atom. The van der Waals surface area contributed by atoms with Gasteiger partial charge in [-0.3, -0.25) is 4.79 Å². The fraction of sp³-hybridized carbons (Fsp3) is 0.412. The maximum atomic E-state index is 12.7. The van der Waals surface area contributed by atoms with Crippen molar-refractivity contribution in [2.45, 2.75) is 32.7 Å². The highest BCUT2D eigenvalue weighted by molar-refractivity contribution is 7.13. The number of amides is 1. The van der Waals surface area contributed by atoms with E-state index < -0.39 is 0 Å². The maximum Gasteiger partial charge on any atom is 0.273 e. The molecule has 1 aromatic carbocycles. The Balaban J connectivity index is 1.80. The molecule has 1 aromatic heterocycles. The molecule has 0 bridgehead atoms. The summed E-state index contributed by atoms with van der Waals surface area (Å²) in [4.78, 5) is 19.2. The molecule has 21 heavy (non-hydrogen) atoms. The number of aromatic nitrogens is 1. The van der Waals surface area contributed by atoms with Gasteiger partial charge in [-0.25, -0.2) is 4.98 Å². The predicted molar refractivity (Wildman–Crippen MR) is 86.4 cm³/mol. The summed E-state index contributed by atoms with van der Waals surface area (Å²) in [5, 5.41) is 2.81.